The van der Waals surface area contributed by atoms with E-state index in [2.05, 4.69) is 15.3 Å². The van der Waals surface area contributed by atoms with Gasteiger partial charge in [-0.3, -0.25) is 4.98 Å². The van der Waals surface area contributed by atoms with E-state index in [4.69, 9.17) is 0 Å². The highest BCUT2D eigenvalue weighted by molar-refractivity contribution is 7.14. The molecule has 0 saturated carbocycles. The molecule has 0 saturated heterocycles. The first-order valence-corrected chi connectivity index (χ1v) is 8.05. The number of benzene rings is 1. The van der Waals surface area contributed by atoms with Crippen LogP contribution < -0.4 is 5.32 Å². The van der Waals surface area contributed by atoms with Gasteiger partial charge in [0.25, 0.3) is 0 Å². The van der Waals surface area contributed by atoms with Crippen molar-refractivity contribution in [2.75, 3.05) is 6.54 Å². The zero-order chi connectivity index (χ0) is 16.1. The lowest BCUT2D eigenvalue weighted by Gasteiger charge is -2.12. The molecule has 0 aliphatic carbocycles. The van der Waals surface area contributed by atoms with Crippen LogP contribution in [0.5, 0.6) is 0 Å². The molecule has 0 amide bonds. The summed E-state index contributed by atoms with van der Waals surface area (Å²) in [5.41, 5.74) is 1.15. The van der Waals surface area contributed by atoms with E-state index in [1.807, 2.05) is 18.2 Å². The molecule has 1 atom stereocenters. The molecule has 3 rings (SSSR count). The largest absolute Gasteiger partial charge is 0.387 e. The predicted octanol–water partition coefficient (Wildman–Crippen LogP) is 3.17. The van der Waals surface area contributed by atoms with Gasteiger partial charge < -0.3 is 10.4 Å². The summed E-state index contributed by atoms with van der Waals surface area (Å²) in [5.74, 6) is -0.392. The molecule has 6 heteroatoms. The minimum Gasteiger partial charge on any atom is -0.387 e. The number of thiazole rings is 1. The van der Waals surface area contributed by atoms with Gasteiger partial charge in [-0.15, -0.1) is 11.3 Å². The fraction of sp³-hybridized carbons (Fsp3) is 0.176. The Hall–Kier alpha value is -2.15. The third kappa shape index (κ3) is 3.98. The molecule has 0 spiro atoms. The van der Waals surface area contributed by atoms with Crippen molar-refractivity contribution in [2.24, 2.45) is 0 Å². The highest BCUT2D eigenvalue weighted by Gasteiger charge is 2.12. The van der Waals surface area contributed by atoms with E-state index < -0.39 is 11.9 Å². The summed E-state index contributed by atoms with van der Waals surface area (Å²) < 4.78 is 13.6. The Bertz CT molecular complexity index is 763. The standard InChI is InChI=1S/C17H16FN3OS/c18-14-6-2-1-5-13(14)16(22)11-19-9-12-10-21-17(23-12)15-7-3-4-8-20-15/h1-8,10,16,19,22H,9,11H2. The summed E-state index contributed by atoms with van der Waals surface area (Å²) in [6.45, 7) is 0.841. The Morgan fingerprint density at radius 3 is 2.74 bits per heavy atom. The van der Waals surface area contributed by atoms with Gasteiger partial charge in [0, 0.05) is 35.9 Å². The van der Waals surface area contributed by atoms with E-state index in [0.29, 0.717) is 12.1 Å². The average Bonchev–Trinajstić information content (AvgIpc) is 3.05. The normalized spacial score (nSPS) is 12.3. The van der Waals surface area contributed by atoms with Gasteiger partial charge in [0.2, 0.25) is 0 Å². The second-order valence-electron chi connectivity index (χ2n) is 5.01. The minimum atomic E-state index is -0.876. The van der Waals surface area contributed by atoms with Gasteiger partial charge in [-0.25, -0.2) is 9.37 Å². The Morgan fingerprint density at radius 1 is 1.13 bits per heavy atom. The van der Waals surface area contributed by atoms with Crippen molar-refractivity contribution in [2.45, 2.75) is 12.6 Å². The highest BCUT2D eigenvalue weighted by atomic mass is 32.1. The Morgan fingerprint density at radius 2 is 1.96 bits per heavy atom. The number of halogens is 1. The molecule has 2 heterocycles. The molecule has 23 heavy (non-hydrogen) atoms. The van der Waals surface area contributed by atoms with Crippen molar-refractivity contribution in [1.29, 1.82) is 0 Å². The molecule has 0 aliphatic heterocycles. The van der Waals surface area contributed by atoms with Gasteiger partial charge in [-0.2, -0.15) is 0 Å². The number of aliphatic hydroxyl groups is 1. The van der Waals surface area contributed by atoms with Crippen LogP contribution in [0.4, 0.5) is 4.39 Å². The number of aliphatic hydroxyl groups excluding tert-OH is 1. The number of nitrogens with one attached hydrogen (secondary N) is 1. The molecule has 118 valence electrons. The van der Waals surface area contributed by atoms with Crippen LogP contribution in [0.15, 0.2) is 54.9 Å². The molecule has 0 fully saturated rings. The quantitative estimate of drug-likeness (QED) is 0.729. The Labute approximate surface area is 137 Å². The van der Waals surface area contributed by atoms with Crippen LogP contribution in [0, 0.1) is 5.82 Å². The van der Waals surface area contributed by atoms with Crippen molar-refractivity contribution in [1.82, 2.24) is 15.3 Å². The molecule has 1 unspecified atom stereocenters. The van der Waals surface area contributed by atoms with Gasteiger partial charge in [0.1, 0.15) is 10.8 Å². The lowest BCUT2D eigenvalue weighted by atomic mass is 10.1. The van der Waals surface area contributed by atoms with Gasteiger partial charge in [-0.05, 0) is 18.2 Å². The molecule has 0 radical (unpaired) electrons. The zero-order valence-electron chi connectivity index (χ0n) is 12.3. The van der Waals surface area contributed by atoms with Crippen molar-refractivity contribution >= 4 is 11.3 Å². The first-order chi connectivity index (χ1) is 11.2. The number of nitrogens with zero attached hydrogens (tertiary/aromatic N) is 2. The average molecular weight is 329 g/mol. The summed E-state index contributed by atoms with van der Waals surface area (Å²) in [7, 11) is 0. The van der Waals surface area contributed by atoms with Crippen LogP contribution in [0.3, 0.4) is 0 Å². The lowest BCUT2D eigenvalue weighted by Crippen LogP contribution is -2.21. The third-order valence-corrected chi connectivity index (χ3v) is 4.36. The molecule has 2 N–H and O–H groups in total. The maximum Gasteiger partial charge on any atom is 0.142 e. The number of aromatic nitrogens is 2. The number of pyridine rings is 1. The van der Waals surface area contributed by atoms with Crippen LogP contribution >= 0.6 is 11.3 Å². The van der Waals surface area contributed by atoms with E-state index in [1.165, 1.54) is 6.07 Å². The van der Waals surface area contributed by atoms with Crippen LogP contribution in [-0.4, -0.2) is 21.6 Å². The lowest BCUT2D eigenvalue weighted by molar-refractivity contribution is 0.170. The topological polar surface area (TPSA) is 58.0 Å². The maximum absolute atomic E-state index is 13.6. The van der Waals surface area contributed by atoms with Crippen LogP contribution in [0.1, 0.15) is 16.5 Å². The third-order valence-electron chi connectivity index (χ3n) is 3.34. The van der Waals surface area contributed by atoms with Gasteiger partial charge >= 0.3 is 0 Å². The van der Waals surface area contributed by atoms with Crippen molar-refractivity contribution < 1.29 is 9.50 Å². The van der Waals surface area contributed by atoms with Crippen molar-refractivity contribution in [3.05, 3.63) is 71.1 Å². The van der Waals surface area contributed by atoms with Crippen LogP contribution in [0.2, 0.25) is 0 Å². The molecule has 4 nitrogen and oxygen atoms in total. The van der Waals surface area contributed by atoms with Crippen LogP contribution in [-0.2, 0) is 6.54 Å². The van der Waals surface area contributed by atoms with E-state index in [1.54, 1.807) is 41.9 Å². The van der Waals surface area contributed by atoms with Gasteiger partial charge in [0.15, 0.2) is 0 Å². The van der Waals surface area contributed by atoms with E-state index in [-0.39, 0.29) is 6.54 Å². The first-order valence-electron chi connectivity index (χ1n) is 7.23. The zero-order valence-corrected chi connectivity index (χ0v) is 13.1. The fourth-order valence-corrected chi connectivity index (χ4v) is 3.04. The SMILES string of the molecule is OC(CNCc1cnc(-c2ccccn2)s1)c1ccccc1F. The Kier molecular flexibility index (Phi) is 5.07. The van der Waals surface area contributed by atoms with E-state index in [0.717, 1.165) is 15.6 Å². The summed E-state index contributed by atoms with van der Waals surface area (Å²) in [4.78, 5) is 9.65. The van der Waals surface area contributed by atoms with E-state index in [9.17, 15) is 9.50 Å². The predicted molar refractivity (Wildman–Crippen MR) is 88.4 cm³/mol. The van der Waals surface area contributed by atoms with Gasteiger partial charge in [-0.1, -0.05) is 24.3 Å². The summed E-state index contributed by atoms with van der Waals surface area (Å²) in [6, 6.07) is 12.0. The molecular formula is C17H16FN3OS. The molecule has 0 bridgehead atoms. The molecule has 0 aliphatic rings. The highest BCUT2D eigenvalue weighted by Crippen LogP contribution is 2.23. The van der Waals surface area contributed by atoms with Gasteiger partial charge in [0.05, 0.1) is 11.8 Å². The van der Waals surface area contributed by atoms with E-state index >= 15 is 0 Å². The Balaban J connectivity index is 1.55. The summed E-state index contributed by atoms with van der Waals surface area (Å²) in [6.07, 6.45) is 2.65. The minimum absolute atomic E-state index is 0.276. The summed E-state index contributed by atoms with van der Waals surface area (Å²) in [5, 5.41) is 14.0. The molecule has 1 aromatic carbocycles. The first kappa shape index (κ1) is 15.7. The number of rotatable bonds is 6. The molecule has 2 aromatic heterocycles. The monoisotopic (exact) mass is 329 g/mol. The molecular weight excluding hydrogens is 313 g/mol. The second kappa shape index (κ2) is 7.41. The maximum atomic E-state index is 13.6. The molecule has 3 aromatic rings. The second-order valence-corrected chi connectivity index (χ2v) is 6.13. The van der Waals surface area contributed by atoms with Crippen LogP contribution in [0.25, 0.3) is 10.7 Å². The smallest absolute Gasteiger partial charge is 0.142 e. The fourth-order valence-electron chi connectivity index (χ4n) is 2.18. The number of hydrogen-bond acceptors (Lipinski definition) is 5. The summed E-state index contributed by atoms with van der Waals surface area (Å²) >= 11 is 1.54. The van der Waals surface area contributed by atoms with Crippen molar-refractivity contribution in [3.63, 3.8) is 0 Å². The van der Waals surface area contributed by atoms with Crippen molar-refractivity contribution in [3.8, 4) is 10.7 Å². The number of hydrogen-bond donors (Lipinski definition) is 2.